The van der Waals surface area contributed by atoms with Crippen LogP contribution < -0.4 is 5.73 Å². The van der Waals surface area contributed by atoms with Gasteiger partial charge in [-0.3, -0.25) is 0 Å². The summed E-state index contributed by atoms with van der Waals surface area (Å²) in [5, 5.41) is -0.359. The van der Waals surface area contributed by atoms with Crippen molar-refractivity contribution in [3.05, 3.63) is 0 Å². The summed E-state index contributed by atoms with van der Waals surface area (Å²) in [5.41, 5.74) is 5.37. The zero-order valence-electron chi connectivity index (χ0n) is 9.53. The topological polar surface area (TPSA) is 63.4 Å². The fraction of sp³-hybridized carbons (Fsp3) is 1.00. The number of hydrogen-bond acceptors (Lipinski definition) is 3. The second kappa shape index (κ2) is 5.68. The molecular formula is C9H22N2O2S. The van der Waals surface area contributed by atoms with Crippen LogP contribution in [-0.4, -0.2) is 37.1 Å². The summed E-state index contributed by atoms with van der Waals surface area (Å²) < 4.78 is 25.3. The molecule has 0 amide bonds. The Bertz CT molecular complexity index is 248. The predicted octanol–water partition coefficient (Wildman–Crippen LogP) is 0.784. The van der Waals surface area contributed by atoms with Crippen LogP contribution in [-0.2, 0) is 10.0 Å². The molecule has 86 valence electrons. The molecule has 0 aromatic carbocycles. The number of nitrogens with zero attached hydrogens (tertiary/aromatic N) is 1. The molecule has 0 aromatic heterocycles. The van der Waals surface area contributed by atoms with Gasteiger partial charge in [0.05, 0.1) is 5.25 Å². The third-order valence-electron chi connectivity index (χ3n) is 2.08. The highest BCUT2D eigenvalue weighted by Crippen LogP contribution is 2.12. The SMILES string of the molecule is CC(C)N(CCCN)S(=O)(=O)C(C)C. The molecule has 0 unspecified atom stereocenters. The molecular weight excluding hydrogens is 200 g/mol. The first-order valence-electron chi connectivity index (χ1n) is 5.04. The summed E-state index contributed by atoms with van der Waals surface area (Å²) in [7, 11) is -3.13. The van der Waals surface area contributed by atoms with Crippen LogP contribution >= 0.6 is 0 Å². The monoisotopic (exact) mass is 222 g/mol. The van der Waals surface area contributed by atoms with Crippen molar-refractivity contribution in [2.24, 2.45) is 5.73 Å². The lowest BCUT2D eigenvalue weighted by atomic mass is 10.3. The standard InChI is InChI=1S/C9H22N2O2S/c1-8(2)11(7-5-6-10)14(12,13)9(3)4/h8-9H,5-7,10H2,1-4H3. The lowest BCUT2D eigenvalue weighted by molar-refractivity contribution is 0.347. The third kappa shape index (κ3) is 3.55. The molecule has 0 heterocycles. The van der Waals surface area contributed by atoms with E-state index in [0.29, 0.717) is 19.5 Å². The highest BCUT2D eigenvalue weighted by atomic mass is 32.2. The van der Waals surface area contributed by atoms with E-state index >= 15 is 0 Å². The van der Waals surface area contributed by atoms with Gasteiger partial charge in [0.2, 0.25) is 10.0 Å². The van der Waals surface area contributed by atoms with Gasteiger partial charge in [0, 0.05) is 12.6 Å². The van der Waals surface area contributed by atoms with Gasteiger partial charge in [-0.2, -0.15) is 4.31 Å². The maximum absolute atomic E-state index is 11.9. The molecule has 0 rings (SSSR count). The molecule has 0 radical (unpaired) electrons. The molecule has 0 atom stereocenters. The summed E-state index contributed by atoms with van der Waals surface area (Å²) in [6.45, 7) is 8.22. The average Bonchev–Trinajstić information content (AvgIpc) is 2.03. The quantitative estimate of drug-likeness (QED) is 0.722. The molecule has 0 aliphatic rings. The van der Waals surface area contributed by atoms with Crippen molar-refractivity contribution >= 4 is 10.0 Å². The van der Waals surface area contributed by atoms with E-state index in [1.165, 1.54) is 4.31 Å². The van der Waals surface area contributed by atoms with Crippen LogP contribution in [0.1, 0.15) is 34.1 Å². The molecule has 0 saturated carbocycles. The van der Waals surface area contributed by atoms with Crippen molar-refractivity contribution in [1.82, 2.24) is 4.31 Å². The van der Waals surface area contributed by atoms with Crippen molar-refractivity contribution in [3.8, 4) is 0 Å². The second-order valence-corrected chi connectivity index (χ2v) is 6.38. The maximum atomic E-state index is 11.9. The number of sulfonamides is 1. The lowest BCUT2D eigenvalue weighted by Crippen LogP contribution is -2.42. The maximum Gasteiger partial charge on any atom is 0.216 e. The molecule has 5 heteroatoms. The third-order valence-corrected chi connectivity index (χ3v) is 4.53. The highest BCUT2D eigenvalue weighted by molar-refractivity contribution is 7.89. The molecule has 0 saturated heterocycles. The largest absolute Gasteiger partial charge is 0.330 e. The van der Waals surface area contributed by atoms with Crippen LogP contribution in [0, 0.1) is 0 Å². The van der Waals surface area contributed by atoms with Gasteiger partial charge in [-0.05, 0) is 40.7 Å². The smallest absolute Gasteiger partial charge is 0.216 e. The minimum Gasteiger partial charge on any atom is -0.330 e. The molecule has 0 fully saturated rings. The van der Waals surface area contributed by atoms with Crippen molar-refractivity contribution in [3.63, 3.8) is 0 Å². The van der Waals surface area contributed by atoms with Crippen molar-refractivity contribution in [2.75, 3.05) is 13.1 Å². The van der Waals surface area contributed by atoms with Crippen molar-refractivity contribution in [1.29, 1.82) is 0 Å². The molecule has 0 aromatic rings. The summed E-state index contributed by atoms with van der Waals surface area (Å²) in [4.78, 5) is 0. The minimum atomic E-state index is -3.13. The van der Waals surface area contributed by atoms with Crippen molar-refractivity contribution < 1.29 is 8.42 Å². The van der Waals surface area contributed by atoms with Gasteiger partial charge in [-0.25, -0.2) is 8.42 Å². The summed E-state index contributed by atoms with van der Waals surface area (Å²) >= 11 is 0. The fourth-order valence-electron chi connectivity index (χ4n) is 1.20. The van der Waals surface area contributed by atoms with Gasteiger partial charge in [0.1, 0.15) is 0 Å². The molecule has 0 spiro atoms. The van der Waals surface area contributed by atoms with E-state index in [-0.39, 0.29) is 11.3 Å². The summed E-state index contributed by atoms with van der Waals surface area (Å²) in [6.07, 6.45) is 0.712. The van der Waals surface area contributed by atoms with Gasteiger partial charge in [0.15, 0.2) is 0 Å². The predicted molar refractivity (Wildman–Crippen MR) is 59.6 cm³/mol. The fourth-order valence-corrected chi connectivity index (χ4v) is 2.71. The van der Waals surface area contributed by atoms with Crippen molar-refractivity contribution in [2.45, 2.75) is 45.4 Å². The number of nitrogens with two attached hydrogens (primary N) is 1. The Kier molecular flexibility index (Phi) is 5.63. The summed E-state index contributed by atoms with van der Waals surface area (Å²) in [6, 6.07) is 0.00829. The number of rotatable bonds is 6. The van der Waals surface area contributed by atoms with E-state index in [9.17, 15) is 8.42 Å². The first-order chi connectivity index (χ1) is 6.34. The Morgan fingerprint density at radius 1 is 1.21 bits per heavy atom. The Balaban J connectivity index is 4.65. The van der Waals surface area contributed by atoms with Gasteiger partial charge in [-0.1, -0.05) is 0 Å². The Morgan fingerprint density at radius 3 is 2.00 bits per heavy atom. The van der Waals surface area contributed by atoms with Crippen LogP contribution in [0.15, 0.2) is 0 Å². The van der Waals surface area contributed by atoms with E-state index in [0.717, 1.165) is 0 Å². The van der Waals surface area contributed by atoms with Crippen LogP contribution in [0.4, 0.5) is 0 Å². The minimum absolute atomic E-state index is 0.00829. The van der Waals surface area contributed by atoms with E-state index in [1.54, 1.807) is 13.8 Å². The molecule has 4 nitrogen and oxygen atoms in total. The van der Waals surface area contributed by atoms with Gasteiger partial charge in [-0.15, -0.1) is 0 Å². The van der Waals surface area contributed by atoms with Crippen LogP contribution in [0.3, 0.4) is 0 Å². The zero-order valence-corrected chi connectivity index (χ0v) is 10.3. The Morgan fingerprint density at radius 2 is 1.71 bits per heavy atom. The lowest BCUT2D eigenvalue weighted by Gasteiger charge is -2.27. The average molecular weight is 222 g/mol. The first kappa shape index (κ1) is 13.9. The van der Waals surface area contributed by atoms with Crippen LogP contribution in [0.5, 0.6) is 0 Å². The Hall–Kier alpha value is -0.130. The van der Waals surface area contributed by atoms with Gasteiger partial charge >= 0.3 is 0 Å². The molecule has 0 aliphatic heterocycles. The highest BCUT2D eigenvalue weighted by Gasteiger charge is 2.27. The molecule has 0 aliphatic carbocycles. The van der Waals surface area contributed by atoms with E-state index in [4.69, 9.17) is 5.73 Å². The Labute approximate surface area is 87.5 Å². The summed E-state index contributed by atoms with van der Waals surface area (Å²) in [5.74, 6) is 0. The van der Waals surface area contributed by atoms with Gasteiger partial charge < -0.3 is 5.73 Å². The number of hydrogen-bond donors (Lipinski definition) is 1. The molecule has 0 bridgehead atoms. The first-order valence-corrected chi connectivity index (χ1v) is 6.55. The molecule has 14 heavy (non-hydrogen) atoms. The zero-order chi connectivity index (χ0) is 11.4. The van der Waals surface area contributed by atoms with E-state index in [1.807, 2.05) is 13.8 Å². The van der Waals surface area contributed by atoms with Gasteiger partial charge in [0.25, 0.3) is 0 Å². The van der Waals surface area contributed by atoms with E-state index in [2.05, 4.69) is 0 Å². The van der Waals surface area contributed by atoms with Crippen LogP contribution in [0.2, 0.25) is 0 Å². The normalized spacial score (nSPS) is 13.1. The van der Waals surface area contributed by atoms with Crippen LogP contribution in [0.25, 0.3) is 0 Å². The van der Waals surface area contributed by atoms with E-state index < -0.39 is 10.0 Å². The molecule has 2 N–H and O–H groups in total. The second-order valence-electron chi connectivity index (χ2n) is 3.94.